The number of rotatable bonds is 7. The Morgan fingerprint density at radius 2 is 1.64 bits per heavy atom. The molecule has 7 fully saturated rings. The minimum Gasteiger partial charge on any atom is -0.746 e. The van der Waals surface area contributed by atoms with E-state index in [-0.39, 0.29) is 18.7 Å². The monoisotopic (exact) mass is 824 g/mol. The number of hydrogen-bond donors (Lipinski definition) is 0. The van der Waals surface area contributed by atoms with E-state index in [9.17, 15) is 40.9 Å². The van der Waals surface area contributed by atoms with Crippen LogP contribution in [-0.2, 0) is 38.8 Å². The number of esters is 2. The van der Waals surface area contributed by atoms with Gasteiger partial charge in [0, 0.05) is 12.3 Å². The van der Waals surface area contributed by atoms with Gasteiger partial charge in [-0.15, -0.1) is 0 Å². The van der Waals surface area contributed by atoms with E-state index in [0.717, 1.165) is 19.3 Å². The summed E-state index contributed by atoms with van der Waals surface area (Å²) in [6.45, 7) is 0.939. The van der Waals surface area contributed by atoms with Crippen LogP contribution in [0.1, 0.15) is 58.3 Å². The van der Waals surface area contributed by atoms with Crippen LogP contribution >= 0.6 is 0 Å². The maximum Gasteiger partial charge on any atom is 0.305 e. The normalized spacial score (nSPS) is 41.5. The van der Waals surface area contributed by atoms with Crippen LogP contribution in [0.4, 0.5) is 8.78 Å². The summed E-state index contributed by atoms with van der Waals surface area (Å²) in [5.74, 6) is -5.19. The standard InChI is InChI=1S/C25H30F2NO9S.Rf/c1-2-16(29)37-20-15-6-14-17(18(15)22(31)36-10-25(26,27)38(33,34)35)21(30)28(19(14)20)23(32)24-7-11-3-12(8-24)5-13(4-11)9-24;/h10-15,17-20H,2-9H2,1H3,(H,33,34,35);/q-1;/p-1. The van der Waals surface area contributed by atoms with E-state index in [1.807, 2.05) is 0 Å². The molecule has 6 unspecified atom stereocenters. The summed E-state index contributed by atoms with van der Waals surface area (Å²) >= 11 is 0. The number of carbonyl (C=O) groups is 4. The predicted molar refractivity (Wildman–Crippen MR) is 120 cm³/mol. The fraction of sp³-hybridized carbons (Fsp3) is 0.800. The zero-order valence-electron chi connectivity index (χ0n) is 21.4. The van der Waals surface area contributed by atoms with Crippen molar-refractivity contribution in [2.75, 3.05) is 0 Å². The van der Waals surface area contributed by atoms with Gasteiger partial charge < -0.3 is 14.0 Å². The largest absolute Gasteiger partial charge is 0.746 e. The van der Waals surface area contributed by atoms with Crippen molar-refractivity contribution in [3.05, 3.63) is 6.61 Å². The third-order valence-electron chi connectivity index (χ3n) is 10.1. The van der Waals surface area contributed by atoms with Gasteiger partial charge in [-0.1, -0.05) is 13.5 Å². The molecule has 6 atom stereocenters. The van der Waals surface area contributed by atoms with Gasteiger partial charge in [0.2, 0.25) is 11.8 Å². The molecule has 39 heavy (non-hydrogen) atoms. The average Bonchev–Trinajstić information content (AvgIpc) is 3.43. The van der Waals surface area contributed by atoms with Gasteiger partial charge in [0.25, 0.3) is 11.2 Å². The topological polar surface area (TPSA) is 147 Å². The van der Waals surface area contributed by atoms with Crippen molar-refractivity contribution in [1.82, 2.24) is 4.90 Å². The molecule has 212 valence electrons. The summed E-state index contributed by atoms with van der Waals surface area (Å²) in [5, 5.41) is -4.96. The number of ether oxygens (including phenoxy) is 2. The van der Waals surface area contributed by atoms with Gasteiger partial charge >= 0.3 is 5.97 Å². The van der Waals surface area contributed by atoms with Crippen LogP contribution in [0.2, 0.25) is 0 Å². The van der Waals surface area contributed by atoms with Crippen molar-refractivity contribution in [2.24, 2.45) is 46.8 Å². The van der Waals surface area contributed by atoms with Crippen LogP contribution in [0.5, 0.6) is 0 Å². The third kappa shape index (κ3) is 3.85. The van der Waals surface area contributed by atoms with Crippen molar-refractivity contribution in [2.45, 2.75) is 75.7 Å². The van der Waals surface area contributed by atoms with Crippen LogP contribution < -0.4 is 0 Å². The second-order valence-electron chi connectivity index (χ2n) is 12.2. The Morgan fingerprint density at radius 1 is 1.08 bits per heavy atom. The van der Waals surface area contributed by atoms with Crippen molar-refractivity contribution in [1.29, 1.82) is 0 Å². The Labute approximate surface area is 218 Å². The van der Waals surface area contributed by atoms with E-state index >= 15 is 0 Å². The zero-order valence-corrected chi connectivity index (χ0v) is 28.6. The summed E-state index contributed by atoms with van der Waals surface area (Å²) in [6, 6.07) is -0.745. The average molecular weight is 825 g/mol. The number of fused-ring (bicyclic) bond motifs is 1. The number of amides is 2. The number of alkyl halides is 2. The van der Waals surface area contributed by atoms with Gasteiger partial charge in [0.1, 0.15) is 16.2 Å². The first-order chi connectivity index (χ1) is 17.8. The summed E-state index contributed by atoms with van der Waals surface area (Å²) in [5.41, 5.74) is -0.667. The summed E-state index contributed by atoms with van der Waals surface area (Å²) in [6.07, 6.45) is 4.60. The zero-order chi connectivity index (χ0) is 27.4. The van der Waals surface area contributed by atoms with Crippen molar-refractivity contribution in [3.8, 4) is 0 Å². The van der Waals surface area contributed by atoms with Gasteiger partial charge in [-0.05, 0) is 68.6 Å². The van der Waals surface area contributed by atoms with E-state index < -0.39 is 81.1 Å². The molecule has 10 nitrogen and oxygen atoms in total. The van der Waals surface area contributed by atoms with Gasteiger partial charge in [-0.25, -0.2) is 17.2 Å². The van der Waals surface area contributed by atoms with Gasteiger partial charge in [-0.3, -0.25) is 24.1 Å². The molecule has 14 heteroatoms. The molecule has 0 aromatic rings. The molecule has 0 radical (unpaired) electrons. The van der Waals surface area contributed by atoms with Crippen LogP contribution in [0, 0.1) is 53.4 Å². The molecule has 0 aromatic heterocycles. The molecule has 1 aliphatic heterocycles. The third-order valence-corrected chi connectivity index (χ3v) is 10.8. The van der Waals surface area contributed by atoms with E-state index in [2.05, 4.69) is 4.74 Å². The maximum absolute atomic E-state index is 14.2. The number of likely N-dealkylation sites (tertiary alicyclic amines) is 1. The smallest absolute Gasteiger partial charge is 0.305 e. The van der Waals surface area contributed by atoms with Gasteiger partial charge in [0.05, 0.1) is 23.3 Å². The minimum absolute atomic E-state index is 0. The number of hydrogen-bond acceptors (Lipinski definition) is 9. The SMILES string of the molecule is CCC(=O)OC1C2CC3C(C(=O)N(C(=O)C45CC6CC(CC(C6)C4)C5)C31)C2C(=O)O[CH-]C(F)(F)S(=O)(=O)[O-].[Rf]. The van der Waals surface area contributed by atoms with Crippen LogP contribution in [0.15, 0.2) is 0 Å². The van der Waals surface area contributed by atoms with Gasteiger partial charge in [-0.2, -0.15) is 0 Å². The Balaban J connectivity index is 0.00000308. The molecule has 1 saturated heterocycles. The summed E-state index contributed by atoms with van der Waals surface area (Å²) in [4.78, 5) is 54.5. The van der Waals surface area contributed by atoms with Crippen LogP contribution in [-0.4, -0.2) is 59.0 Å². The van der Waals surface area contributed by atoms with Gasteiger partial charge in [0.15, 0.2) is 0 Å². The molecule has 0 N–H and O–H groups in total. The number of carbonyl (C=O) groups excluding carboxylic acids is 4. The molecule has 0 aromatic carbocycles. The van der Waals surface area contributed by atoms with Crippen molar-refractivity contribution in [3.63, 3.8) is 0 Å². The molecule has 7 rings (SSSR count). The fourth-order valence-corrected chi connectivity index (χ4v) is 9.32. The Morgan fingerprint density at radius 3 is 2.15 bits per heavy atom. The molecule has 7 aliphatic rings. The summed E-state index contributed by atoms with van der Waals surface area (Å²) < 4.78 is 69.8. The van der Waals surface area contributed by atoms with E-state index in [1.54, 1.807) is 6.92 Å². The second-order valence-corrected chi connectivity index (χ2v) is 13.6. The molecule has 2 amide bonds. The predicted octanol–water partition coefficient (Wildman–Crippen LogP) is 1.99. The quantitative estimate of drug-likeness (QED) is 0.163. The molecule has 6 aliphatic carbocycles. The molecule has 0 spiro atoms. The first-order valence-corrected chi connectivity index (χ1v) is 14.6. The van der Waals surface area contributed by atoms with Crippen LogP contribution in [0.3, 0.4) is 0 Å². The molecule has 6 saturated carbocycles. The first kappa shape index (κ1) is 27.4. The number of nitrogens with zero attached hydrogens (tertiary/aromatic N) is 1. The number of halogens is 2. The number of imide groups is 1. The molecule has 6 bridgehead atoms. The molecule has 1 heterocycles. The Bertz CT molecular complexity index is 1170. The van der Waals surface area contributed by atoms with Crippen molar-refractivity contribution >= 4 is 33.9 Å². The van der Waals surface area contributed by atoms with Crippen molar-refractivity contribution < 1.29 is 50.4 Å². The molecular formula is C25H29F2NO9RfS-2. The Kier molecular flexibility index (Phi) is 6.10. The van der Waals surface area contributed by atoms with E-state index in [0.29, 0.717) is 37.0 Å². The molecular weight excluding hydrogens is 795 g/mol. The Hall–Kier alpha value is -3.15. The fourth-order valence-electron chi connectivity index (χ4n) is 9.15. The second kappa shape index (κ2) is 8.67. The maximum atomic E-state index is 14.2. The summed E-state index contributed by atoms with van der Waals surface area (Å²) in [7, 11) is -6.13. The van der Waals surface area contributed by atoms with Crippen LogP contribution in [0.25, 0.3) is 0 Å². The van der Waals surface area contributed by atoms with E-state index in [1.165, 1.54) is 4.90 Å². The van der Waals surface area contributed by atoms with E-state index in [4.69, 9.17) is 4.74 Å². The minimum atomic E-state index is -6.13. The first-order valence-electron chi connectivity index (χ1n) is 13.2.